The van der Waals surface area contributed by atoms with Crippen molar-refractivity contribution in [1.82, 2.24) is 14.5 Å². The van der Waals surface area contributed by atoms with Crippen molar-refractivity contribution in [3.63, 3.8) is 0 Å². The van der Waals surface area contributed by atoms with Crippen LogP contribution >= 0.6 is 15.9 Å². The summed E-state index contributed by atoms with van der Waals surface area (Å²) in [4.78, 5) is 14.4. The number of carbonyl (C=O) groups is 1. The molecule has 2 aromatic rings. The van der Waals surface area contributed by atoms with E-state index in [9.17, 15) is 4.79 Å². The number of alkyl halides is 1. The Labute approximate surface area is 119 Å². The second-order valence-electron chi connectivity index (χ2n) is 4.49. The first-order chi connectivity index (χ1) is 9.29. The molecule has 19 heavy (non-hydrogen) atoms. The molecule has 0 saturated carbocycles. The van der Waals surface area contributed by atoms with Crippen molar-refractivity contribution in [2.45, 2.75) is 6.10 Å². The van der Waals surface area contributed by atoms with Gasteiger partial charge in [-0.2, -0.15) is 5.10 Å². The molecular formula is C13H14BrN3O2. The van der Waals surface area contributed by atoms with Crippen molar-refractivity contribution >= 4 is 27.4 Å². The molecule has 0 radical (unpaired) electrons. The summed E-state index contributed by atoms with van der Waals surface area (Å²) in [5, 5.41) is 4.94. The van der Waals surface area contributed by atoms with E-state index in [1.165, 1.54) is 0 Å². The van der Waals surface area contributed by atoms with Gasteiger partial charge >= 0.3 is 0 Å². The number of morpholine rings is 1. The first-order valence-electron chi connectivity index (χ1n) is 6.19. The van der Waals surface area contributed by atoms with Gasteiger partial charge in [0.25, 0.3) is 5.91 Å². The van der Waals surface area contributed by atoms with Gasteiger partial charge < -0.3 is 9.64 Å². The minimum absolute atomic E-state index is 0.0236. The lowest BCUT2D eigenvalue weighted by Gasteiger charge is -2.31. The summed E-state index contributed by atoms with van der Waals surface area (Å²) in [5.41, 5.74) is 1.49. The predicted octanol–water partition coefficient (Wildman–Crippen LogP) is 1.57. The van der Waals surface area contributed by atoms with E-state index < -0.39 is 0 Å². The van der Waals surface area contributed by atoms with Crippen LogP contribution in [0.5, 0.6) is 0 Å². The van der Waals surface area contributed by atoms with Crippen LogP contribution in [-0.4, -0.2) is 51.6 Å². The van der Waals surface area contributed by atoms with Crippen LogP contribution in [0, 0.1) is 0 Å². The molecule has 1 amide bonds. The molecule has 0 spiro atoms. The first kappa shape index (κ1) is 12.6. The Morgan fingerprint density at radius 1 is 1.53 bits per heavy atom. The van der Waals surface area contributed by atoms with E-state index in [0.717, 1.165) is 10.8 Å². The number of amides is 1. The summed E-state index contributed by atoms with van der Waals surface area (Å²) in [5.74, 6) is 0.0236. The van der Waals surface area contributed by atoms with Crippen LogP contribution in [0.1, 0.15) is 10.4 Å². The minimum atomic E-state index is 0.0236. The van der Waals surface area contributed by atoms with Crippen molar-refractivity contribution in [2.75, 3.05) is 25.0 Å². The molecule has 3 rings (SSSR count). The van der Waals surface area contributed by atoms with E-state index in [1.54, 1.807) is 10.7 Å². The van der Waals surface area contributed by atoms with Gasteiger partial charge in [0.05, 0.1) is 30.0 Å². The van der Waals surface area contributed by atoms with Gasteiger partial charge in [-0.1, -0.05) is 22.0 Å². The highest BCUT2D eigenvalue weighted by Gasteiger charge is 2.26. The number of rotatable bonds is 2. The van der Waals surface area contributed by atoms with Crippen LogP contribution in [0.2, 0.25) is 0 Å². The number of nitrogens with zero attached hydrogens (tertiary/aromatic N) is 3. The van der Waals surface area contributed by atoms with Crippen molar-refractivity contribution in [1.29, 1.82) is 0 Å². The van der Waals surface area contributed by atoms with Crippen molar-refractivity contribution in [2.24, 2.45) is 0 Å². The summed E-state index contributed by atoms with van der Waals surface area (Å²) in [6, 6.07) is 5.71. The standard InChI is InChI=1S/C13H14BrN3O2/c14-7-10-9-16(5-6-19-10)13(18)11-8-15-17-4-2-1-3-12(11)17/h1-4,8,10H,5-7,9H2. The van der Waals surface area contributed by atoms with Crippen LogP contribution in [0.25, 0.3) is 5.52 Å². The van der Waals surface area contributed by atoms with Crippen LogP contribution < -0.4 is 0 Å². The number of hydrogen-bond acceptors (Lipinski definition) is 3. The first-order valence-corrected chi connectivity index (χ1v) is 7.31. The Kier molecular flexibility index (Phi) is 3.52. The van der Waals surface area contributed by atoms with Crippen LogP contribution in [0.3, 0.4) is 0 Å². The molecule has 0 bridgehead atoms. The van der Waals surface area contributed by atoms with Gasteiger partial charge in [-0.3, -0.25) is 4.79 Å². The fourth-order valence-corrected chi connectivity index (χ4v) is 2.66. The second kappa shape index (κ2) is 5.30. The molecule has 0 aromatic carbocycles. The maximum Gasteiger partial charge on any atom is 0.257 e. The number of ether oxygens (including phenoxy) is 1. The average molecular weight is 324 g/mol. The molecule has 100 valence electrons. The number of pyridine rings is 1. The number of aromatic nitrogens is 2. The number of hydrogen-bond donors (Lipinski definition) is 0. The Bertz CT molecular complexity index is 598. The Hall–Kier alpha value is -1.40. The van der Waals surface area contributed by atoms with Crippen LogP contribution in [-0.2, 0) is 4.74 Å². The third kappa shape index (κ3) is 2.37. The zero-order chi connectivity index (χ0) is 13.2. The summed E-state index contributed by atoms with van der Waals surface area (Å²) in [7, 11) is 0. The third-order valence-electron chi connectivity index (χ3n) is 3.25. The summed E-state index contributed by atoms with van der Waals surface area (Å²) in [6.07, 6.45) is 3.54. The SMILES string of the molecule is O=C(c1cnn2ccccc12)N1CCOC(CBr)C1. The van der Waals surface area contributed by atoms with E-state index >= 15 is 0 Å². The van der Waals surface area contributed by atoms with Gasteiger partial charge in [-0.05, 0) is 12.1 Å². The molecule has 1 aliphatic rings. The zero-order valence-electron chi connectivity index (χ0n) is 10.3. The smallest absolute Gasteiger partial charge is 0.257 e. The highest BCUT2D eigenvalue weighted by atomic mass is 79.9. The summed E-state index contributed by atoms with van der Waals surface area (Å²) >= 11 is 3.40. The van der Waals surface area contributed by atoms with E-state index in [2.05, 4.69) is 21.0 Å². The number of fused-ring (bicyclic) bond motifs is 1. The third-order valence-corrected chi connectivity index (χ3v) is 3.98. The Morgan fingerprint density at radius 3 is 3.26 bits per heavy atom. The van der Waals surface area contributed by atoms with Crippen molar-refractivity contribution in [3.05, 3.63) is 36.2 Å². The summed E-state index contributed by atoms with van der Waals surface area (Å²) in [6.45, 7) is 1.84. The van der Waals surface area contributed by atoms with Gasteiger partial charge in [0.15, 0.2) is 0 Å². The van der Waals surface area contributed by atoms with Gasteiger partial charge in [0.2, 0.25) is 0 Å². The largest absolute Gasteiger partial charge is 0.374 e. The quantitative estimate of drug-likeness (QED) is 0.788. The lowest BCUT2D eigenvalue weighted by molar-refractivity contribution is -0.00957. The van der Waals surface area contributed by atoms with Gasteiger partial charge in [0, 0.05) is 24.6 Å². The monoisotopic (exact) mass is 323 g/mol. The Morgan fingerprint density at radius 2 is 2.42 bits per heavy atom. The molecule has 1 atom stereocenters. The lowest BCUT2D eigenvalue weighted by Crippen LogP contribution is -2.46. The molecule has 2 aromatic heterocycles. The number of halogens is 1. The van der Waals surface area contributed by atoms with Gasteiger partial charge in [-0.15, -0.1) is 0 Å². The molecule has 6 heteroatoms. The maximum atomic E-state index is 12.5. The molecule has 5 nitrogen and oxygen atoms in total. The normalized spacial score (nSPS) is 19.8. The highest BCUT2D eigenvalue weighted by Crippen LogP contribution is 2.16. The molecule has 0 aliphatic carbocycles. The lowest BCUT2D eigenvalue weighted by atomic mass is 10.2. The predicted molar refractivity (Wildman–Crippen MR) is 74.6 cm³/mol. The van der Waals surface area contributed by atoms with Gasteiger partial charge in [0.1, 0.15) is 0 Å². The fourth-order valence-electron chi connectivity index (χ4n) is 2.27. The van der Waals surface area contributed by atoms with E-state index in [4.69, 9.17) is 4.74 Å². The number of carbonyl (C=O) groups excluding carboxylic acids is 1. The van der Waals surface area contributed by atoms with Gasteiger partial charge in [-0.25, -0.2) is 4.52 Å². The average Bonchev–Trinajstić information content (AvgIpc) is 2.90. The van der Waals surface area contributed by atoms with Crippen molar-refractivity contribution < 1.29 is 9.53 Å². The highest BCUT2D eigenvalue weighted by molar-refractivity contribution is 9.09. The van der Waals surface area contributed by atoms with E-state index in [0.29, 0.717) is 25.3 Å². The molecule has 3 heterocycles. The molecule has 1 fully saturated rings. The molecule has 1 unspecified atom stereocenters. The summed E-state index contributed by atoms with van der Waals surface area (Å²) < 4.78 is 7.27. The topological polar surface area (TPSA) is 46.8 Å². The molecule has 1 saturated heterocycles. The maximum absolute atomic E-state index is 12.5. The minimum Gasteiger partial charge on any atom is -0.374 e. The van der Waals surface area contributed by atoms with Crippen molar-refractivity contribution in [3.8, 4) is 0 Å². The van der Waals surface area contributed by atoms with Crippen LogP contribution in [0.15, 0.2) is 30.6 Å². The molecule has 0 N–H and O–H groups in total. The zero-order valence-corrected chi connectivity index (χ0v) is 11.9. The second-order valence-corrected chi connectivity index (χ2v) is 5.13. The van der Waals surface area contributed by atoms with E-state index in [1.807, 2.05) is 29.3 Å². The molecule has 1 aliphatic heterocycles. The van der Waals surface area contributed by atoms with Crippen LogP contribution in [0.4, 0.5) is 0 Å². The van der Waals surface area contributed by atoms with E-state index in [-0.39, 0.29) is 12.0 Å². The fraction of sp³-hybridized carbons (Fsp3) is 0.385. The molecular weight excluding hydrogens is 310 g/mol. The Balaban J connectivity index is 1.87.